The van der Waals surface area contributed by atoms with Gasteiger partial charge in [-0.05, 0) is 34.9 Å². The number of halogens is 1. The highest BCUT2D eigenvalue weighted by Crippen LogP contribution is 2.34. The van der Waals surface area contributed by atoms with Crippen LogP contribution in [-0.2, 0) is 16.6 Å². The molecule has 5 rings (SSSR count). The van der Waals surface area contributed by atoms with Crippen molar-refractivity contribution in [2.24, 2.45) is 0 Å². The van der Waals surface area contributed by atoms with E-state index in [-0.39, 0.29) is 5.28 Å². The first-order valence-corrected chi connectivity index (χ1v) is 13.0. The van der Waals surface area contributed by atoms with Crippen LogP contribution in [0.5, 0.6) is 11.6 Å². The van der Waals surface area contributed by atoms with Crippen molar-refractivity contribution in [3.8, 4) is 22.8 Å². The number of piperazine rings is 1. The SMILES string of the molecule is CS(=O)(=O)N1CCN(Cc2ccc(-c3ccccc3)c(Oc3ccc4nnc(Cl)n4n3)c2)CC1. The van der Waals surface area contributed by atoms with Gasteiger partial charge in [-0.1, -0.05) is 42.5 Å². The molecule has 0 saturated carbocycles. The van der Waals surface area contributed by atoms with Crippen molar-refractivity contribution in [3.05, 3.63) is 71.5 Å². The molecule has 0 bridgehead atoms. The lowest BCUT2D eigenvalue weighted by molar-refractivity contribution is 0.182. The van der Waals surface area contributed by atoms with Gasteiger partial charge in [-0.15, -0.1) is 15.3 Å². The zero-order valence-electron chi connectivity index (χ0n) is 18.5. The zero-order chi connectivity index (χ0) is 23.7. The van der Waals surface area contributed by atoms with Crippen LogP contribution in [-0.4, -0.2) is 69.9 Å². The average molecular weight is 499 g/mol. The molecule has 0 N–H and O–H groups in total. The Balaban J connectivity index is 1.42. The van der Waals surface area contributed by atoms with Gasteiger partial charge in [0.1, 0.15) is 5.75 Å². The first kappa shape index (κ1) is 22.7. The van der Waals surface area contributed by atoms with Gasteiger partial charge in [-0.25, -0.2) is 8.42 Å². The Morgan fingerprint density at radius 2 is 1.74 bits per heavy atom. The van der Waals surface area contributed by atoms with E-state index in [2.05, 4.69) is 26.3 Å². The number of sulfonamides is 1. The second-order valence-electron chi connectivity index (χ2n) is 8.15. The number of hydrogen-bond acceptors (Lipinski definition) is 7. The summed E-state index contributed by atoms with van der Waals surface area (Å²) < 4.78 is 32.8. The molecule has 0 unspecified atom stereocenters. The van der Waals surface area contributed by atoms with E-state index >= 15 is 0 Å². The minimum absolute atomic E-state index is 0.158. The molecular weight excluding hydrogens is 476 g/mol. The summed E-state index contributed by atoms with van der Waals surface area (Å²) >= 11 is 6.07. The predicted molar refractivity (Wildman–Crippen MR) is 129 cm³/mol. The van der Waals surface area contributed by atoms with E-state index in [1.807, 2.05) is 42.5 Å². The van der Waals surface area contributed by atoms with Crippen molar-refractivity contribution in [1.29, 1.82) is 0 Å². The van der Waals surface area contributed by atoms with Gasteiger partial charge in [0.25, 0.3) is 0 Å². The molecule has 3 heterocycles. The first-order valence-electron chi connectivity index (χ1n) is 10.8. The maximum absolute atomic E-state index is 11.8. The maximum Gasteiger partial charge on any atom is 0.246 e. The predicted octanol–water partition coefficient (Wildman–Crippen LogP) is 3.31. The summed E-state index contributed by atoms with van der Waals surface area (Å²) in [7, 11) is -3.15. The largest absolute Gasteiger partial charge is 0.437 e. The maximum atomic E-state index is 11.8. The van der Waals surface area contributed by atoms with Crippen LogP contribution in [0.25, 0.3) is 16.8 Å². The van der Waals surface area contributed by atoms with Crippen molar-refractivity contribution in [1.82, 2.24) is 29.0 Å². The standard InChI is InChI=1S/C23H23ClN6O3S/c1-34(31,32)29-13-11-28(12-14-29)16-17-7-8-19(18-5-3-2-4-6-18)20(15-17)33-22-10-9-21-25-26-23(24)30(21)27-22/h2-10,15H,11-14,16H2,1H3. The molecule has 1 aliphatic heterocycles. The monoisotopic (exact) mass is 498 g/mol. The molecule has 0 spiro atoms. The molecule has 4 aromatic rings. The van der Waals surface area contributed by atoms with Gasteiger partial charge < -0.3 is 4.74 Å². The van der Waals surface area contributed by atoms with Crippen LogP contribution in [0, 0.1) is 0 Å². The van der Waals surface area contributed by atoms with Crippen LogP contribution in [0.4, 0.5) is 0 Å². The lowest BCUT2D eigenvalue weighted by atomic mass is 10.0. The lowest BCUT2D eigenvalue weighted by Gasteiger charge is -2.33. The van der Waals surface area contributed by atoms with Crippen LogP contribution in [0.3, 0.4) is 0 Å². The molecule has 34 heavy (non-hydrogen) atoms. The number of benzene rings is 2. The van der Waals surface area contributed by atoms with Crippen molar-refractivity contribution in [2.45, 2.75) is 6.54 Å². The summed E-state index contributed by atoms with van der Waals surface area (Å²) in [5.74, 6) is 1.03. The van der Waals surface area contributed by atoms with Crippen molar-refractivity contribution >= 4 is 27.3 Å². The molecule has 0 amide bonds. The quantitative estimate of drug-likeness (QED) is 0.402. The molecule has 9 nitrogen and oxygen atoms in total. The molecular formula is C23H23ClN6O3S. The van der Waals surface area contributed by atoms with Gasteiger partial charge >= 0.3 is 0 Å². The van der Waals surface area contributed by atoms with Crippen LogP contribution in [0.15, 0.2) is 60.7 Å². The van der Waals surface area contributed by atoms with Crippen LogP contribution in [0.2, 0.25) is 5.28 Å². The number of aromatic nitrogens is 4. The Kier molecular flexibility index (Phi) is 6.22. The number of rotatable bonds is 6. The molecule has 1 fully saturated rings. The van der Waals surface area contributed by atoms with Gasteiger partial charge in [0.05, 0.1) is 6.26 Å². The fourth-order valence-corrected chi connectivity index (χ4v) is 4.98. The lowest BCUT2D eigenvalue weighted by Crippen LogP contribution is -2.47. The minimum Gasteiger partial charge on any atom is -0.437 e. The molecule has 176 valence electrons. The van der Waals surface area contributed by atoms with E-state index in [9.17, 15) is 8.42 Å². The molecule has 0 radical (unpaired) electrons. The summed E-state index contributed by atoms with van der Waals surface area (Å²) in [5.41, 5.74) is 3.55. The second-order valence-corrected chi connectivity index (χ2v) is 10.5. The van der Waals surface area contributed by atoms with E-state index in [1.54, 1.807) is 12.1 Å². The average Bonchev–Trinajstić information content (AvgIpc) is 3.20. The molecule has 1 saturated heterocycles. The van der Waals surface area contributed by atoms with E-state index in [4.69, 9.17) is 16.3 Å². The molecule has 2 aromatic carbocycles. The van der Waals surface area contributed by atoms with Crippen LogP contribution < -0.4 is 4.74 Å². The van der Waals surface area contributed by atoms with E-state index in [1.165, 1.54) is 15.1 Å². The summed E-state index contributed by atoms with van der Waals surface area (Å²) in [6.07, 6.45) is 1.26. The summed E-state index contributed by atoms with van der Waals surface area (Å²) in [6.45, 7) is 3.02. The number of fused-ring (bicyclic) bond motifs is 1. The molecule has 11 heteroatoms. The fraction of sp³-hybridized carbons (Fsp3) is 0.261. The molecule has 2 aromatic heterocycles. The Morgan fingerprint density at radius 3 is 2.47 bits per heavy atom. The van der Waals surface area contributed by atoms with Gasteiger partial charge in [0.2, 0.25) is 21.2 Å². The van der Waals surface area contributed by atoms with E-state index < -0.39 is 10.0 Å². The van der Waals surface area contributed by atoms with E-state index in [0.29, 0.717) is 50.0 Å². The van der Waals surface area contributed by atoms with Crippen LogP contribution >= 0.6 is 11.6 Å². The summed E-state index contributed by atoms with van der Waals surface area (Å²) in [4.78, 5) is 2.24. The van der Waals surface area contributed by atoms with Gasteiger partial charge in [0.15, 0.2) is 5.65 Å². The fourth-order valence-electron chi connectivity index (χ4n) is 4.00. The number of nitrogens with zero attached hydrogens (tertiary/aromatic N) is 6. The van der Waals surface area contributed by atoms with Crippen molar-refractivity contribution in [2.75, 3.05) is 32.4 Å². The van der Waals surface area contributed by atoms with Gasteiger partial charge in [-0.3, -0.25) is 4.90 Å². The third-order valence-electron chi connectivity index (χ3n) is 5.75. The third-order valence-corrected chi connectivity index (χ3v) is 7.29. The molecule has 0 aliphatic carbocycles. The topological polar surface area (TPSA) is 92.9 Å². The van der Waals surface area contributed by atoms with E-state index in [0.717, 1.165) is 16.7 Å². The number of hydrogen-bond donors (Lipinski definition) is 0. The smallest absolute Gasteiger partial charge is 0.246 e. The molecule has 0 atom stereocenters. The molecule has 1 aliphatic rings. The van der Waals surface area contributed by atoms with Gasteiger partial charge in [0, 0.05) is 44.4 Å². The summed E-state index contributed by atoms with van der Waals surface area (Å²) in [6, 6.07) is 19.6. The van der Waals surface area contributed by atoms with Crippen LogP contribution in [0.1, 0.15) is 5.56 Å². The second kappa shape index (κ2) is 9.30. The Morgan fingerprint density at radius 1 is 0.971 bits per heavy atom. The normalized spacial score (nSPS) is 15.6. The zero-order valence-corrected chi connectivity index (χ0v) is 20.1. The first-order chi connectivity index (χ1) is 16.4. The van der Waals surface area contributed by atoms with Crippen molar-refractivity contribution < 1.29 is 13.2 Å². The highest BCUT2D eigenvalue weighted by Gasteiger charge is 2.23. The third kappa shape index (κ3) is 4.90. The highest BCUT2D eigenvalue weighted by molar-refractivity contribution is 7.88. The van der Waals surface area contributed by atoms with Crippen molar-refractivity contribution in [3.63, 3.8) is 0 Å². The number of ether oxygens (including phenoxy) is 1. The highest BCUT2D eigenvalue weighted by atomic mass is 35.5. The Bertz CT molecular complexity index is 1420. The Hall–Kier alpha value is -3.05. The Labute approximate surface area is 202 Å². The minimum atomic E-state index is -3.15. The summed E-state index contributed by atoms with van der Waals surface area (Å²) in [5, 5.41) is 12.3. The van der Waals surface area contributed by atoms with Gasteiger partial charge in [-0.2, -0.15) is 8.82 Å².